The SMILES string of the molecule is CCOCCN(C)CC1CN(c2ccccc2)CCO1. The molecule has 1 unspecified atom stereocenters. The molecule has 20 heavy (non-hydrogen) atoms. The zero-order valence-corrected chi connectivity index (χ0v) is 12.6. The van der Waals surface area contributed by atoms with Crippen molar-refractivity contribution in [1.29, 1.82) is 0 Å². The van der Waals surface area contributed by atoms with Crippen LogP contribution in [-0.4, -0.2) is 64.1 Å². The highest BCUT2D eigenvalue weighted by atomic mass is 16.5. The Morgan fingerprint density at radius 3 is 2.90 bits per heavy atom. The fourth-order valence-electron chi connectivity index (χ4n) is 2.51. The fraction of sp³-hybridized carbons (Fsp3) is 0.625. The summed E-state index contributed by atoms with van der Waals surface area (Å²) in [6.45, 7) is 8.26. The number of hydrogen-bond acceptors (Lipinski definition) is 4. The molecular weight excluding hydrogens is 252 g/mol. The summed E-state index contributed by atoms with van der Waals surface area (Å²) in [5, 5.41) is 0. The van der Waals surface area contributed by atoms with E-state index in [0.717, 1.165) is 46.0 Å². The van der Waals surface area contributed by atoms with E-state index in [2.05, 4.69) is 47.2 Å². The first kappa shape index (κ1) is 15.3. The molecule has 1 aromatic carbocycles. The molecule has 0 saturated carbocycles. The minimum atomic E-state index is 0.274. The van der Waals surface area contributed by atoms with Gasteiger partial charge in [0, 0.05) is 38.5 Å². The Hall–Kier alpha value is -1.10. The molecule has 1 fully saturated rings. The van der Waals surface area contributed by atoms with E-state index in [9.17, 15) is 0 Å². The number of likely N-dealkylation sites (N-methyl/N-ethyl adjacent to an activating group) is 1. The van der Waals surface area contributed by atoms with Gasteiger partial charge in [0.25, 0.3) is 0 Å². The van der Waals surface area contributed by atoms with Crippen molar-refractivity contribution >= 4 is 5.69 Å². The highest BCUT2D eigenvalue weighted by Crippen LogP contribution is 2.17. The molecule has 1 aliphatic heterocycles. The molecule has 4 nitrogen and oxygen atoms in total. The molecule has 112 valence electrons. The third-order valence-corrected chi connectivity index (χ3v) is 3.60. The van der Waals surface area contributed by atoms with Gasteiger partial charge in [0.05, 0.1) is 19.3 Å². The summed E-state index contributed by atoms with van der Waals surface area (Å²) in [7, 11) is 2.13. The van der Waals surface area contributed by atoms with Gasteiger partial charge in [0.1, 0.15) is 0 Å². The van der Waals surface area contributed by atoms with Crippen LogP contribution in [0.3, 0.4) is 0 Å². The Bertz CT molecular complexity index is 372. The summed E-state index contributed by atoms with van der Waals surface area (Å²) >= 11 is 0. The Balaban J connectivity index is 1.78. The number of anilines is 1. The summed E-state index contributed by atoms with van der Waals surface area (Å²) < 4.78 is 11.3. The third kappa shape index (κ3) is 4.78. The van der Waals surface area contributed by atoms with E-state index in [0.29, 0.717) is 0 Å². The minimum absolute atomic E-state index is 0.274. The Kier molecular flexibility index (Phi) is 6.30. The van der Waals surface area contributed by atoms with Crippen LogP contribution < -0.4 is 4.90 Å². The average Bonchev–Trinajstić information content (AvgIpc) is 2.49. The second-order valence-corrected chi connectivity index (χ2v) is 5.23. The van der Waals surface area contributed by atoms with Crippen molar-refractivity contribution in [3.63, 3.8) is 0 Å². The van der Waals surface area contributed by atoms with Crippen molar-refractivity contribution in [2.75, 3.05) is 57.9 Å². The molecule has 1 atom stereocenters. The summed E-state index contributed by atoms with van der Waals surface area (Å²) in [5.41, 5.74) is 1.29. The van der Waals surface area contributed by atoms with Crippen LogP contribution in [-0.2, 0) is 9.47 Å². The lowest BCUT2D eigenvalue weighted by atomic mass is 10.2. The first-order chi connectivity index (χ1) is 9.79. The van der Waals surface area contributed by atoms with Gasteiger partial charge in [-0.15, -0.1) is 0 Å². The topological polar surface area (TPSA) is 24.9 Å². The maximum Gasteiger partial charge on any atom is 0.0877 e. The van der Waals surface area contributed by atoms with Crippen molar-refractivity contribution in [1.82, 2.24) is 4.90 Å². The fourth-order valence-corrected chi connectivity index (χ4v) is 2.51. The highest BCUT2D eigenvalue weighted by Gasteiger charge is 2.21. The number of para-hydroxylation sites is 1. The monoisotopic (exact) mass is 278 g/mol. The lowest BCUT2D eigenvalue weighted by Gasteiger charge is -2.36. The summed E-state index contributed by atoms with van der Waals surface area (Å²) in [4.78, 5) is 4.69. The van der Waals surface area contributed by atoms with Crippen LogP contribution in [0, 0.1) is 0 Å². The first-order valence-corrected chi connectivity index (χ1v) is 7.47. The van der Waals surface area contributed by atoms with Crippen molar-refractivity contribution in [2.45, 2.75) is 13.0 Å². The van der Waals surface area contributed by atoms with Crippen LogP contribution in [0.1, 0.15) is 6.92 Å². The molecule has 0 aliphatic carbocycles. The number of hydrogen-bond donors (Lipinski definition) is 0. The maximum absolute atomic E-state index is 5.88. The zero-order chi connectivity index (χ0) is 14.2. The van der Waals surface area contributed by atoms with Crippen LogP contribution in [0.2, 0.25) is 0 Å². The molecule has 1 aliphatic rings. The Morgan fingerprint density at radius 1 is 1.35 bits per heavy atom. The van der Waals surface area contributed by atoms with Gasteiger partial charge in [0.2, 0.25) is 0 Å². The number of benzene rings is 1. The third-order valence-electron chi connectivity index (χ3n) is 3.60. The molecule has 2 rings (SSSR count). The predicted molar refractivity (Wildman–Crippen MR) is 82.4 cm³/mol. The van der Waals surface area contributed by atoms with E-state index in [1.807, 2.05) is 6.92 Å². The molecule has 1 saturated heterocycles. The van der Waals surface area contributed by atoms with E-state index < -0.39 is 0 Å². The number of rotatable bonds is 7. The van der Waals surface area contributed by atoms with Crippen molar-refractivity contribution in [3.05, 3.63) is 30.3 Å². The number of ether oxygens (including phenoxy) is 2. The van der Waals surface area contributed by atoms with Gasteiger partial charge in [0.15, 0.2) is 0 Å². The highest BCUT2D eigenvalue weighted by molar-refractivity contribution is 5.46. The van der Waals surface area contributed by atoms with Crippen LogP contribution >= 0.6 is 0 Å². The molecule has 1 heterocycles. The smallest absolute Gasteiger partial charge is 0.0877 e. The van der Waals surface area contributed by atoms with Crippen molar-refractivity contribution in [2.24, 2.45) is 0 Å². The maximum atomic E-state index is 5.88. The Labute approximate surface area is 122 Å². The molecule has 0 bridgehead atoms. The van der Waals surface area contributed by atoms with Gasteiger partial charge in [-0.1, -0.05) is 18.2 Å². The largest absolute Gasteiger partial charge is 0.380 e. The molecule has 0 aromatic heterocycles. The molecule has 0 N–H and O–H groups in total. The van der Waals surface area contributed by atoms with E-state index >= 15 is 0 Å². The summed E-state index contributed by atoms with van der Waals surface area (Å²) in [6, 6.07) is 10.6. The van der Waals surface area contributed by atoms with Crippen LogP contribution in [0.25, 0.3) is 0 Å². The Morgan fingerprint density at radius 2 is 2.15 bits per heavy atom. The normalized spacial score (nSPS) is 19.6. The van der Waals surface area contributed by atoms with Gasteiger partial charge in [-0.05, 0) is 26.1 Å². The molecule has 0 amide bonds. The molecular formula is C16H26N2O2. The second kappa shape index (κ2) is 8.25. The first-order valence-electron chi connectivity index (χ1n) is 7.47. The summed E-state index contributed by atoms with van der Waals surface area (Å²) in [5.74, 6) is 0. The van der Waals surface area contributed by atoms with E-state index in [1.165, 1.54) is 5.69 Å². The van der Waals surface area contributed by atoms with Crippen molar-refractivity contribution < 1.29 is 9.47 Å². The van der Waals surface area contributed by atoms with Gasteiger partial charge < -0.3 is 19.3 Å². The van der Waals surface area contributed by atoms with E-state index in [1.54, 1.807) is 0 Å². The number of nitrogens with zero attached hydrogens (tertiary/aromatic N) is 2. The molecule has 4 heteroatoms. The second-order valence-electron chi connectivity index (χ2n) is 5.23. The number of morpholine rings is 1. The van der Waals surface area contributed by atoms with Gasteiger partial charge >= 0.3 is 0 Å². The van der Waals surface area contributed by atoms with Crippen LogP contribution in [0.5, 0.6) is 0 Å². The van der Waals surface area contributed by atoms with Gasteiger partial charge in [-0.2, -0.15) is 0 Å². The van der Waals surface area contributed by atoms with Crippen LogP contribution in [0.15, 0.2) is 30.3 Å². The standard InChI is InChI=1S/C16H26N2O2/c1-3-19-11-9-17(2)13-16-14-18(10-12-20-16)15-7-5-4-6-8-15/h4-8,16H,3,9-14H2,1-2H3. The van der Waals surface area contributed by atoms with Crippen molar-refractivity contribution in [3.8, 4) is 0 Å². The zero-order valence-electron chi connectivity index (χ0n) is 12.6. The minimum Gasteiger partial charge on any atom is -0.380 e. The molecule has 1 aromatic rings. The molecule has 0 radical (unpaired) electrons. The average molecular weight is 278 g/mol. The van der Waals surface area contributed by atoms with Gasteiger partial charge in [-0.25, -0.2) is 0 Å². The summed E-state index contributed by atoms with van der Waals surface area (Å²) in [6.07, 6.45) is 0.274. The predicted octanol–water partition coefficient (Wildman–Crippen LogP) is 1.86. The van der Waals surface area contributed by atoms with E-state index in [-0.39, 0.29) is 6.10 Å². The van der Waals surface area contributed by atoms with Gasteiger partial charge in [-0.3, -0.25) is 0 Å². The molecule has 0 spiro atoms. The lowest BCUT2D eigenvalue weighted by Crippen LogP contribution is -2.47. The quantitative estimate of drug-likeness (QED) is 0.711. The van der Waals surface area contributed by atoms with E-state index in [4.69, 9.17) is 9.47 Å². The lowest BCUT2D eigenvalue weighted by molar-refractivity contribution is 0.0151. The van der Waals surface area contributed by atoms with Crippen LogP contribution in [0.4, 0.5) is 5.69 Å².